The Morgan fingerprint density at radius 1 is 1.25 bits per heavy atom. The topological polar surface area (TPSA) is 77.8 Å². The molecule has 8 heteroatoms. The zero-order chi connectivity index (χ0) is 17.1. The highest BCUT2D eigenvalue weighted by molar-refractivity contribution is 6.29. The van der Waals surface area contributed by atoms with E-state index in [0.717, 1.165) is 5.56 Å². The lowest BCUT2D eigenvalue weighted by atomic mass is 10.2. The van der Waals surface area contributed by atoms with E-state index in [0.29, 0.717) is 22.3 Å². The van der Waals surface area contributed by atoms with E-state index in [4.69, 9.17) is 21.1 Å². The number of hydrogen-bond donors (Lipinski definition) is 1. The number of hydrogen-bond acceptors (Lipinski definition) is 5. The van der Waals surface area contributed by atoms with Crippen LogP contribution in [-0.4, -0.2) is 34.7 Å². The second-order valence-electron chi connectivity index (χ2n) is 4.95. The maximum atomic E-state index is 12.3. The zero-order valence-corrected chi connectivity index (χ0v) is 13.9. The van der Waals surface area contributed by atoms with Crippen LogP contribution in [-0.2, 0) is 6.54 Å². The second-order valence-corrected chi connectivity index (χ2v) is 5.33. The van der Waals surface area contributed by atoms with Crippen LogP contribution in [0.1, 0.15) is 16.1 Å². The average Bonchev–Trinajstić information content (AvgIpc) is 3.02. The Labute approximate surface area is 143 Å². The van der Waals surface area contributed by atoms with Gasteiger partial charge in [-0.1, -0.05) is 11.6 Å². The summed E-state index contributed by atoms with van der Waals surface area (Å²) in [4.78, 5) is 16.5. The van der Waals surface area contributed by atoms with Crippen molar-refractivity contribution in [2.24, 2.45) is 0 Å². The Kier molecular flexibility index (Phi) is 4.52. The van der Waals surface area contributed by atoms with Gasteiger partial charge in [-0.25, -0.2) is 9.50 Å². The first-order chi connectivity index (χ1) is 11.6. The molecule has 0 atom stereocenters. The summed E-state index contributed by atoms with van der Waals surface area (Å²) in [5, 5.41) is 7.18. The van der Waals surface area contributed by atoms with Crippen LogP contribution in [0, 0.1) is 0 Å². The molecule has 0 aliphatic heterocycles. The van der Waals surface area contributed by atoms with Gasteiger partial charge in [-0.15, -0.1) is 0 Å². The molecule has 0 bridgehead atoms. The number of amides is 1. The fraction of sp³-hybridized carbons (Fsp3) is 0.188. The molecule has 2 aromatic heterocycles. The molecule has 0 saturated heterocycles. The summed E-state index contributed by atoms with van der Waals surface area (Å²) >= 11 is 5.82. The van der Waals surface area contributed by atoms with Crippen LogP contribution >= 0.6 is 11.6 Å². The molecule has 2 heterocycles. The SMILES string of the molecule is COc1ccc(OC)c(CNC(=O)c2cn3nc(Cl)ccc3n2)c1. The average molecular weight is 347 g/mol. The van der Waals surface area contributed by atoms with Crippen molar-refractivity contribution in [2.75, 3.05) is 14.2 Å². The molecule has 3 aromatic rings. The Morgan fingerprint density at radius 2 is 2.08 bits per heavy atom. The van der Waals surface area contributed by atoms with Crippen molar-refractivity contribution < 1.29 is 14.3 Å². The number of halogens is 1. The fourth-order valence-electron chi connectivity index (χ4n) is 2.25. The Morgan fingerprint density at radius 3 is 2.83 bits per heavy atom. The number of nitrogens with one attached hydrogen (secondary N) is 1. The Hall–Kier alpha value is -2.80. The molecule has 0 aliphatic rings. The minimum absolute atomic E-state index is 0.256. The molecule has 7 nitrogen and oxygen atoms in total. The molecule has 0 fully saturated rings. The van der Waals surface area contributed by atoms with E-state index in [1.165, 1.54) is 10.7 Å². The predicted octanol–water partition coefficient (Wildman–Crippen LogP) is 2.33. The van der Waals surface area contributed by atoms with Crippen molar-refractivity contribution in [1.82, 2.24) is 19.9 Å². The molecule has 1 N–H and O–H groups in total. The summed E-state index contributed by atoms with van der Waals surface area (Å²) in [5.74, 6) is 1.03. The van der Waals surface area contributed by atoms with Crippen LogP contribution in [0.25, 0.3) is 5.65 Å². The number of methoxy groups -OCH3 is 2. The third-order valence-corrected chi connectivity index (χ3v) is 3.65. The standard InChI is InChI=1S/C16H15ClN4O3/c1-23-11-3-4-13(24-2)10(7-11)8-18-16(22)12-9-21-15(19-12)6-5-14(17)20-21/h3-7,9H,8H2,1-2H3,(H,18,22). The van der Waals surface area contributed by atoms with Gasteiger partial charge in [-0.05, 0) is 30.3 Å². The van der Waals surface area contributed by atoms with E-state index >= 15 is 0 Å². The van der Waals surface area contributed by atoms with E-state index in [1.54, 1.807) is 38.5 Å². The van der Waals surface area contributed by atoms with E-state index in [1.807, 2.05) is 6.07 Å². The number of fused-ring (bicyclic) bond motifs is 1. The smallest absolute Gasteiger partial charge is 0.271 e. The third-order valence-electron chi connectivity index (χ3n) is 3.45. The molecule has 1 aromatic carbocycles. The van der Waals surface area contributed by atoms with Gasteiger partial charge in [0.05, 0.1) is 20.4 Å². The lowest BCUT2D eigenvalue weighted by Crippen LogP contribution is -2.23. The molecule has 1 amide bonds. The first-order valence-electron chi connectivity index (χ1n) is 7.11. The molecular formula is C16H15ClN4O3. The highest BCUT2D eigenvalue weighted by Gasteiger charge is 2.13. The number of imidazole rings is 1. The van der Waals surface area contributed by atoms with E-state index in [-0.39, 0.29) is 18.1 Å². The summed E-state index contributed by atoms with van der Waals surface area (Å²) in [5.41, 5.74) is 1.60. The van der Waals surface area contributed by atoms with E-state index in [9.17, 15) is 4.79 Å². The molecule has 3 rings (SSSR count). The molecular weight excluding hydrogens is 332 g/mol. The van der Waals surface area contributed by atoms with Gasteiger partial charge in [0, 0.05) is 12.1 Å². The van der Waals surface area contributed by atoms with Crippen molar-refractivity contribution in [3.05, 3.63) is 52.9 Å². The molecule has 0 unspecified atom stereocenters. The monoisotopic (exact) mass is 346 g/mol. The third kappa shape index (κ3) is 3.26. The van der Waals surface area contributed by atoms with Crippen molar-refractivity contribution in [3.8, 4) is 11.5 Å². The zero-order valence-electron chi connectivity index (χ0n) is 13.1. The number of rotatable bonds is 5. The number of aromatic nitrogens is 3. The summed E-state index contributed by atoms with van der Waals surface area (Å²) < 4.78 is 11.9. The minimum Gasteiger partial charge on any atom is -0.497 e. The van der Waals surface area contributed by atoms with Crippen molar-refractivity contribution >= 4 is 23.2 Å². The number of carbonyl (C=O) groups excluding carboxylic acids is 1. The summed E-state index contributed by atoms with van der Waals surface area (Å²) in [6, 6.07) is 8.70. The van der Waals surface area contributed by atoms with E-state index in [2.05, 4.69) is 15.4 Å². The minimum atomic E-state index is -0.318. The van der Waals surface area contributed by atoms with Crippen LogP contribution in [0.3, 0.4) is 0 Å². The van der Waals surface area contributed by atoms with Crippen LogP contribution in [0.5, 0.6) is 11.5 Å². The van der Waals surface area contributed by atoms with Crippen molar-refractivity contribution in [1.29, 1.82) is 0 Å². The van der Waals surface area contributed by atoms with Crippen LogP contribution in [0.15, 0.2) is 36.5 Å². The van der Waals surface area contributed by atoms with Gasteiger partial charge in [0.1, 0.15) is 22.3 Å². The second kappa shape index (κ2) is 6.76. The molecule has 0 saturated carbocycles. The lowest BCUT2D eigenvalue weighted by molar-refractivity contribution is 0.0946. The van der Waals surface area contributed by atoms with Gasteiger partial charge in [-0.3, -0.25) is 4.79 Å². The quantitative estimate of drug-likeness (QED) is 0.767. The van der Waals surface area contributed by atoms with Crippen molar-refractivity contribution in [2.45, 2.75) is 6.54 Å². The highest BCUT2D eigenvalue weighted by Crippen LogP contribution is 2.23. The van der Waals surface area contributed by atoms with Crippen LogP contribution in [0.4, 0.5) is 0 Å². The molecule has 0 aliphatic carbocycles. The van der Waals surface area contributed by atoms with Gasteiger partial charge in [0.15, 0.2) is 5.65 Å². The molecule has 0 spiro atoms. The van der Waals surface area contributed by atoms with Crippen molar-refractivity contribution in [3.63, 3.8) is 0 Å². The first-order valence-corrected chi connectivity index (χ1v) is 7.49. The number of ether oxygens (including phenoxy) is 2. The van der Waals surface area contributed by atoms with Gasteiger partial charge < -0.3 is 14.8 Å². The largest absolute Gasteiger partial charge is 0.497 e. The summed E-state index contributed by atoms with van der Waals surface area (Å²) in [6.45, 7) is 0.279. The maximum Gasteiger partial charge on any atom is 0.271 e. The highest BCUT2D eigenvalue weighted by atomic mass is 35.5. The van der Waals surface area contributed by atoms with Gasteiger partial charge >= 0.3 is 0 Å². The molecule has 24 heavy (non-hydrogen) atoms. The summed E-state index contributed by atoms with van der Waals surface area (Å²) in [7, 11) is 3.16. The number of carbonyl (C=O) groups is 1. The Balaban J connectivity index is 1.77. The predicted molar refractivity (Wildman–Crippen MR) is 88.7 cm³/mol. The molecule has 124 valence electrons. The maximum absolute atomic E-state index is 12.3. The van der Waals surface area contributed by atoms with E-state index < -0.39 is 0 Å². The van der Waals surface area contributed by atoms with Gasteiger partial charge in [0.2, 0.25) is 0 Å². The lowest BCUT2D eigenvalue weighted by Gasteiger charge is -2.10. The number of nitrogens with zero attached hydrogens (tertiary/aromatic N) is 3. The first kappa shape index (κ1) is 16.1. The molecule has 0 radical (unpaired) electrons. The Bertz CT molecular complexity index is 894. The fourth-order valence-corrected chi connectivity index (χ4v) is 2.40. The van der Waals surface area contributed by atoms with Crippen LogP contribution in [0.2, 0.25) is 5.15 Å². The van der Waals surface area contributed by atoms with Gasteiger partial charge in [-0.2, -0.15) is 5.10 Å². The van der Waals surface area contributed by atoms with Gasteiger partial charge in [0.25, 0.3) is 5.91 Å². The summed E-state index contributed by atoms with van der Waals surface area (Å²) in [6.07, 6.45) is 1.53. The normalized spacial score (nSPS) is 10.6. The number of benzene rings is 1. The van der Waals surface area contributed by atoms with Crippen LogP contribution < -0.4 is 14.8 Å².